The van der Waals surface area contributed by atoms with E-state index >= 15 is 0 Å². The van der Waals surface area contributed by atoms with Gasteiger partial charge < -0.3 is 14.5 Å². The van der Waals surface area contributed by atoms with Crippen molar-refractivity contribution < 1.29 is 19.1 Å². The number of ether oxygens (including phenoxy) is 2. The second kappa shape index (κ2) is 8.44. The van der Waals surface area contributed by atoms with Gasteiger partial charge in [0.05, 0.1) is 23.6 Å². The number of benzene rings is 1. The molecule has 0 radical (unpaired) electrons. The molecule has 2 rings (SSSR count). The Morgan fingerprint density at radius 1 is 1.35 bits per heavy atom. The lowest BCUT2D eigenvalue weighted by molar-refractivity contribution is -0.160. The maximum atomic E-state index is 12.2. The first-order valence-electron chi connectivity index (χ1n) is 8.42. The monoisotopic (exact) mass is 379 g/mol. The van der Waals surface area contributed by atoms with Gasteiger partial charge in [0.25, 0.3) is 0 Å². The number of alkyl carbamates (subject to hydrolysis) is 1. The molecule has 1 unspecified atom stereocenters. The van der Waals surface area contributed by atoms with Gasteiger partial charge in [-0.2, -0.15) is 0 Å². The highest BCUT2D eigenvalue weighted by molar-refractivity contribution is 7.99. The van der Waals surface area contributed by atoms with E-state index in [4.69, 9.17) is 4.74 Å². The van der Waals surface area contributed by atoms with Crippen LogP contribution in [0.3, 0.4) is 0 Å². The Morgan fingerprint density at radius 3 is 2.69 bits per heavy atom. The molecule has 1 amide bonds. The summed E-state index contributed by atoms with van der Waals surface area (Å²) in [7, 11) is 1.24. The zero-order valence-electron chi connectivity index (χ0n) is 15.7. The average molecular weight is 379 g/mol. The summed E-state index contributed by atoms with van der Waals surface area (Å²) in [5, 5.41) is 2.49. The number of nitrogens with one attached hydrogen (secondary N) is 2. The van der Waals surface area contributed by atoms with Gasteiger partial charge in [0.2, 0.25) is 6.23 Å². The first-order valence-corrected chi connectivity index (χ1v) is 9.41. The molecule has 0 saturated carbocycles. The average Bonchev–Trinajstić information content (AvgIpc) is 3.01. The minimum Gasteiger partial charge on any atom is -0.453 e. The van der Waals surface area contributed by atoms with E-state index in [9.17, 15) is 9.59 Å². The van der Waals surface area contributed by atoms with E-state index in [1.807, 2.05) is 18.2 Å². The molecule has 0 bridgehead atoms. The number of hydrogen-bond donors (Lipinski definition) is 2. The largest absolute Gasteiger partial charge is 0.453 e. The van der Waals surface area contributed by atoms with Gasteiger partial charge in [-0.15, -0.1) is 11.8 Å². The number of methoxy groups -OCH3 is 1. The van der Waals surface area contributed by atoms with Gasteiger partial charge in [-0.05, 0) is 51.1 Å². The highest BCUT2D eigenvalue weighted by Gasteiger charge is 2.29. The molecule has 1 atom stereocenters. The van der Waals surface area contributed by atoms with Gasteiger partial charge >= 0.3 is 12.1 Å². The van der Waals surface area contributed by atoms with Crippen LogP contribution in [0.1, 0.15) is 46.2 Å². The highest BCUT2D eigenvalue weighted by atomic mass is 32.2. The third-order valence-electron chi connectivity index (χ3n) is 3.46. The van der Waals surface area contributed by atoms with Crippen LogP contribution in [0.25, 0.3) is 11.0 Å². The molecule has 0 saturated heterocycles. The van der Waals surface area contributed by atoms with Crippen molar-refractivity contribution in [1.82, 2.24) is 15.3 Å². The van der Waals surface area contributed by atoms with Crippen LogP contribution in [0.15, 0.2) is 23.1 Å². The molecule has 2 aromatic rings. The predicted octanol–water partition coefficient (Wildman–Crippen LogP) is 4.01. The van der Waals surface area contributed by atoms with Crippen molar-refractivity contribution >= 4 is 34.9 Å². The zero-order valence-corrected chi connectivity index (χ0v) is 16.5. The number of amides is 1. The Balaban J connectivity index is 2.30. The molecule has 1 aromatic carbocycles. The van der Waals surface area contributed by atoms with Crippen molar-refractivity contribution in [2.24, 2.45) is 5.41 Å². The second-order valence-corrected chi connectivity index (χ2v) is 7.99. The summed E-state index contributed by atoms with van der Waals surface area (Å²) in [6, 6.07) is 5.89. The Hall–Kier alpha value is -2.22. The minimum atomic E-state index is -1.06. The molecule has 0 fully saturated rings. The van der Waals surface area contributed by atoms with Gasteiger partial charge in [-0.25, -0.2) is 9.78 Å². The van der Waals surface area contributed by atoms with Crippen LogP contribution >= 0.6 is 11.8 Å². The zero-order chi connectivity index (χ0) is 19.3. The summed E-state index contributed by atoms with van der Waals surface area (Å²) in [4.78, 5) is 32.6. The van der Waals surface area contributed by atoms with E-state index in [0.717, 1.165) is 28.1 Å². The van der Waals surface area contributed by atoms with E-state index in [1.165, 1.54) is 7.11 Å². The van der Waals surface area contributed by atoms with Crippen molar-refractivity contribution in [3.05, 3.63) is 24.0 Å². The molecule has 1 aromatic heterocycles. The maximum Gasteiger partial charge on any atom is 0.410 e. The fraction of sp³-hybridized carbons (Fsp3) is 0.500. The smallest absolute Gasteiger partial charge is 0.410 e. The number of H-pyrrole nitrogens is 1. The van der Waals surface area contributed by atoms with E-state index in [-0.39, 0.29) is 0 Å². The molecule has 8 heteroatoms. The number of aromatic nitrogens is 2. The van der Waals surface area contributed by atoms with E-state index < -0.39 is 23.7 Å². The Morgan fingerprint density at radius 2 is 2.08 bits per heavy atom. The van der Waals surface area contributed by atoms with Gasteiger partial charge in [0.15, 0.2) is 5.82 Å². The predicted molar refractivity (Wildman–Crippen MR) is 101 cm³/mol. The molecular formula is C18H25N3O4S. The molecule has 7 nitrogen and oxygen atoms in total. The number of fused-ring (bicyclic) bond motifs is 1. The van der Waals surface area contributed by atoms with Crippen LogP contribution in [-0.4, -0.2) is 34.9 Å². The molecule has 26 heavy (non-hydrogen) atoms. The van der Waals surface area contributed by atoms with Crippen molar-refractivity contribution in [3.8, 4) is 0 Å². The molecule has 0 spiro atoms. The number of thioether (sulfide) groups is 1. The second-order valence-electron chi connectivity index (χ2n) is 6.82. The van der Waals surface area contributed by atoms with Crippen LogP contribution < -0.4 is 5.32 Å². The van der Waals surface area contributed by atoms with E-state index in [0.29, 0.717) is 5.82 Å². The van der Waals surface area contributed by atoms with Crippen LogP contribution in [-0.2, 0) is 14.3 Å². The third kappa shape index (κ3) is 5.14. The standard InChI is InChI=1S/C18H25N3O4S/c1-6-9-26-11-7-8-12-13(10-11)20-14(19-12)15(21-17(23)24-5)25-16(22)18(2,3)4/h7-8,10,15H,6,9H2,1-5H3,(H,19,20)(H,21,23). The molecular weight excluding hydrogens is 354 g/mol. The number of esters is 1. The summed E-state index contributed by atoms with van der Waals surface area (Å²) >= 11 is 1.76. The van der Waals surface area contributed by atoms with E-state index in [2.05, 4.69) is 26.9 Å². The maximum absolute atomic E-state index is 12.2. The van der Waals surface area contributed by atoms with Crippen LogP contribution in [0, 0.1) is 5.41 Å². The fourth-order valence-corrected chi connectivity index (χ4v) is 2.85. The lowest BCUT2D eigenvalue weighted by atomic mass is 9.97. The van der Waals surface area contributed by atoms with Crippen molar-refractivity contribution in [3.63, 3.8) is 0 Å². The van der Waals surface area contributed by atoms with Gasteiger partial charge in [-0.3, -0.25) is 10.1 Å². The number of carbonyl (C=O) groups excluding carboxylic acids is 2. The van der Waals surface area contributed by atoms with Crippen LogP contribution in [0.2, 0.25) is 0 Å². The molecule has 1 heterocycles. The van der Waals surface area contributed by atoms with Crippen molar-refractivity contribution in [2.45, 2.75) is 45.2 Å². The third-order valence-corrected chi connectivity index (χ3v) is 4.66. The lowest BCUT2D eigenvalue weighted by Gasteiger charge is -2.22. The first kappa shape index (κ1) is 20.1. The number of aromatic amines is 1. The quantitative estimate of drug-likeness (QED) is 0.447. The summed E-state index contributed by atoms with van der Waals surface area (Å²) < 4.78 is 10.1. The van der Waals surface area contributed by atoms with Crippen LogP contribution in [0.4, 0.5) is 4.79 Å². The number of carbonyl (C=O) groups is 2. The van der Waals surface area contributed by atoms with Crippen LogP contribution in [0.5, 0.6) is 0 Å². The summed E-state index contributed by atoms with van der Waals surface area (Å²) in [5.74, 6) is 0.904. The Bertz CT molecular complexity index is 782. The lowest BCUT2D eigenvalue weighted by Crippen LogP contribution is -2.35. The Kier molecular flexibility index (Phi) is 6.52. The number of nitrogens with zero attached hydrogens (tertiary/aromatic N) is 1. The topological polar surface area (TPSA) is 93.3 Å². The minimum absolute atomic E-state index is 0.334. The fourth-order valence-electron chi connectivity index (χ4n) is 2.05. The van der Waals surface area contributed by atoms with Gasteiger partial charge in [0.1, 0.15) is 0 Å². The Labute approximate surface area is 157 Å². The summed E-state index contributed by atoms with van der Waals surface area (Å²) in [6.45, 7) is 7.34. The van der Waals surface area contributed by atoms with Gasteiger partial charge in [0, 0.05) is 4.90 Å². The normalized spacial score (nSPS) is 12.7. The number of rotatable bonds is 6. The first-order chi connectivity index (χ1) is 12.2. The number of hydrogen-bond acceptors (Lipinski definition) is 6. The van der Waals surface area contributed by atoms with Crippen molar-refractivity contribution in [2.75, 3.05) is 12.9 Å². The molecule has 142 valence electrons. The highest BCUT2D eigenvalue weighted by Crippen LogP contribution is 2.26. The summed E-state index contributed by atoms with van der Waals surface area (Å²) in [6.07, 6.45) is -0.685. The molecule has 0 aliphatic heterocycles. The van der Waals surface area contributed by atoms with Crippen molar-refractivity contribution in [1.29, 1.82) is 0 Å². The number of imidazole rings is 1. The summed E-state index contributed by atoms with van der Waals surface area (Å²) in [5.41, 5.74) is 0.820. The molecule has 0 aliphatic carbocycles. The van der Waals surface area contributed by atoms with Gasteiger partial charge in [-0.1, -0.05) is 6.92 Å². The SMILES string of the molecule is CCCSc1ccc2nc(C(NC(=O)OC)OC(=O)C(C)(C)C)[nH]c2c1. The molecule has 0 aliphatic rings. The molecule has 2 N–H and O–H groups in total. The van der Waals surface area contributed by atoms with E-state index in [1.54, 1.807) is 32.5 Å².